The van der Waals surface area contributed by atoms with Gasteiger partial charge in [0.15, 0.2) is 0 Å². The van der Waals surface area contributed by atoms with Crippen molar-refractivity contribution in [1.82, 2.24) is 14.8 Å². The molecule has 0 aromatic carbocycles. The van der Waals surface area contributed by atoms with Gasteiger partial charge in [0.05, 0.1) is 5.56 Å². The molecule has 0 bridgehead atoms. The maximum atomic E-state index is 12.2. The average Bonchev–Trinajstić information content (AvgIpc) is 2.41. The average molecular weight is 270 g/mol. The number of H-pyrrole nitrogens is 1. The summed E-state index contributed by atoms with van der Waals surface area (Å²) in [6.45, 7) is 6.32. The molecule has 6 heteroatoms. The minimum Gasteiger partial charge on any atom is -0.336 e. The van der Waals surface area contributed by atoms with Crippen molar-refractivity contribution < 1.29 is 4.79 Å². The highest BCUT2D eigenvalue weighted by Gasteiger charge is 2.21. The molecule has 5 nitrogen and oxygen atoms in total. The van der Waals surface area contributed by atoms with Crippen LogP contribution in [-0.4, -0.2) is 53.4 Å². The third-order valence-corrected chi connectivity index (χ3v) is 3.49. The lowest BCUT2D eigenvalue weighted by molar-refractivity contribution is 0.0643. The summed E-state index contributed by atoms with van der Waals surface area (Å²) in [5, 5.41) is 0.0491. The highest BCUT2D eigenvalue weighted by Crippen LogP contribution is 2.10. The molecule has 1 aromatic heterocycles. The largest absolute Gasteiger partial charge is 0.336 e. The first kappa shape index (κ1) is 13.1. The topological polar surface area (TPSA) is 56.4 Å². The van der Waals surface area contributed by atoms with Crippen molar-refractivity contribution in [2.45, 2.75) is 6.92 Å². The second-order valence-corrected chi connectivity index (χ2v) is 4.70. The van der Waals surface area contributed by atoms with Crippen LogP contribution < -0.4 is 5.56 Å². The van der Waals surface area contributed by atoms with Gasteiger partial charge in [-0.1, -0.05) is 18.5 Å². The number of hydrogen-bond donors (Lipinski definition) is 1. The van der Waals surface area contributed by atoms with E-state index in [0.717, 1.165) is 19.6 Å². The van der Waals surface area contributed by atoms with Gasteiger partial charge in [-0.3, -0.25) is 9.59 Å². The zero-order chi connectivity index (χ0) is 13.1. The third-order valence-electron chi connectivity index (χ3n) is 3.21. The minimum atomic E-state index is -0.371. The first-order valence-electron chi connectivity index (χ1n) is 6.01. The molecule has 2 heterocycles. The molecular formula is C12H16ClN3O2. The molecule has 0 atom stereocenters. The van der Waals surface area contributed by atoms with Gasteiger partial charge in [-0.2, -0.15) is 0 Å². The number of likely N-dealkylation sites (N-methyl/N-ethyl adjacent to an activating group) is 1. The Bertz CT molecular complexity index is 492. The fraction of sp³-hybridized carbons (Fsp3) is 0.500. The van der Waals surface area contributed by atoms with Gasteiger partial charge in [-0.15, -0.1) is 0 Å². The van der Waals surface area contributed by atoms with Gasteiger partial charge in [0.1, 0.15) is 5.02 Å². The van der Waals surface area contributed by atoms with Crippen molar-refractivity contribution >= 4 is 17.5 Å². The van der Waals surface area contributed by atoms with Gasteiger partial charge in [-0.25, -0.2) is 0 Å². The fourth-order valence-corrected chi connectivity index (χ4v) is 2.20. The number of aromatic nitrogens is 1. The van der Waals surface area contributed by atoms with Crippen LogP contribution in [0.1, 0.15) is 17.3 Å². The quantitative estimate of drug-likeness (QED) is 0.864. The molecular weight excluding hydrogens is 254 g/mol. The number of carbonyl (C=O) groups is 1. The van der Waals surface area contributed by atoms with Crippen LogP contribution in [0.25, 0.3) is 0 Å². The number of hydrogen-bond acceptors (Lipinski definition) is 3. The molecule has 1 amide bonds. The lowest BCUT2D eigenvalue weighted by Gasteiger charge is -2.34. The Balaban J connectivity index is 2.07. The molecule has 0 spiro atoms. The number of nitrogens with zero attached hydrogens (tertiary/aromatic N) is 2. The van der Waals surface area contributed by atoms with Crippen LogP contribution in [0.2, 0.25) is 5.02 Å². The molecule has 1 aliphatic rings. The number of aromatic amines is 1. The zero-order valence-electron chi connectivity index (χ0n) is 10.3. The van der Waals surface area contributed by atoms with Crippen molar-refractivity contribution in [3.05, 3.63) is 33.2 Å². The Kier molecular flexibility index (Phi) is 4.04. The Morgan fingerprint density at radius 3 is 2.61 bits per heavy atom. The van der Waals surface area contributed by atoms with E-state index in [-0.39, 0.29) is 16.5 Å². The van der Waals surface area contributed by atoms with E-state index in [9.17, 15) is 9.59 Å². The van der Waals surface area contributed by atoms with E-state index in [1.54, 1.807) is 4.90 Å². The SMILES string of the molecule is CCN1CCN(C(=O)c2c[nH]c(=O)c(Cl)c2)CC1. The van der Waals surface area contributed by atoms with E-state index >= 15 is 0 Å². The number of piperazine rings is 1. The summed E-state index contributed by atoms with van der Waals surface area (Å²) < 4.78 is 0. The van der Waals surface area contributed by atoms with Gasteiger partial charge in [0.25, 0.3) is 11.5 Å². The predicted molar refractivity (Wildman–Crippen MR) is 70.1 cm³/mol. The fourth-order valence-electron chi connectivity index (χ4n) is 2.03. The summed E-state index contributed by atoms with van der Waals surface area (Å²) in [6, 6.07) is 1.43. The Morgan fingerprint density at radius 1 is 1.39 bits per heavy atom. The van der Waals surface area contributed by atoms with Crippen molar-refractivity contribution in [3.63, 3.8) is 0 Å². The Labute approximate surface area is 110 Å². The number of halogens is 1. The smallest absolute Gasteiger partial charge is 0.266 e. The molecule has 1 fully saturated rings. The monoisotopic (exact) mass is 269 g/mol. The van der Waals surface area contributed by atoms with Crippen LogP contribution in [0.5, 0.6) is 0 Å². The number of rotatable bonds is 2. The standard InChI is InChI=1S/C12H16ClN3O2/c1-2-15-3-5-16(6-4-15)12(18)9-7-10(13)11(17)14-8-9/h7-8H,2-6H2,1H3,(H,14,17). The van der Waals surface area contributed by atoms with Gasteiger partial charge < -0.3 is 14.8 Å². The molecule has 0 saturated carbocycles. The van der Waals surface area contributed by atoms with E-state index in [1.807, 2.05) is 0 Å². The number of pyridine rings is 1. The molecule has 1 aliphatic heterocycles. The van der Waals surface area contributed by atoms with Crippen LogP contribution in [0, 0.1) is 0 Å². The molecule has 1 aromatic rings. The van der Waals surface area contributed by atoms with Crippen LogP contribution in [0.3, 0.4) is 0 Å². The van der Waals surface area contributed by atoms with Crippen molar-refractivity contribution in [2.24, 2.45) is 0 Å². The van der Waals surface area contributed by atoms with Crippen molar-refractivity contribution in [1.29, 1.82) is 0 Å². The summed E-state index contributed by atoms with van der Waals surface area (Å²) in [7, 11) is 0. The maximum Gasteiger partial charge on any atom is 0.266 e. The van der Waals surface area contributed by atoms with Gasteiger partial charge in [0, 0.05) is 32.4 Å². The second kappa shape index (κ2) is 5.54. The molecule has 2 rings (SSSR count). The van der Waals surface area contributed by atoms with E-state index in [4.69, 9.17) is 11.6 Å². The van der Waals surface area contributed by atoms with E-state index in [1.165, 1.54) is 12.3 Å². The third kappa shape index (κ3) is 2.73. The van der Waals surface area contributed by atoms with Crippen LogP contribution in [0.4, 0.5) is 0 Å². The molecule has 98 valence electrons. The van der Waals surface area contributed by atoms with Crippen LogP contribution in [-0.2, 0) is 0 Å². The van der Waals surface area contributed by atoms with Crippen molar-refractivity contribution in [2.75, 3.05) is 32.7 Å². The zero-order valence-corrected chi connectivity index (χ0v) is 11.0. The second-order valence-electron chi connectivity index (χ2n) is 4.29. The van der Waals surface area contributed by atoms with Gasteiger partial charge in [-0.05, 0) is 12.6 Å². The summed E-state index contributed by atoms with van der Waals surface area (Å²) >= 11 is 5.72. The Morgan fingerprint density at radius 2 is 2.06 bits per heavy atom. The first-order valence-corrected chi connectivity index (χ1v) is 6.39. The minimum absolute atomic E-state index is 0.0491. The molecule has 18 heavy (non-hydrogen) atoms. The summed E-state index contributed by atoms with van der Waals surface area (Å²) in [6.07, 6.45) is 1.42. The normalized spacial score (nSPS) is 16.9. The lowest BCUT2D eigenvalue weighted by Crippen LogP contribution is -2.48. The molecule has 0 unspecified atom stereocenters. The lowest BCUT2D eigenvalue weighted by atomic mass is 10.2. The predicted octanol–water partition coefficient (Wildman–Crippen LogP) is 0.806. The Hall–Kier alpha value is -1.33. The number of carbonyl (C=O) groups excluding carboxylic acids is 1. The van der Waals surface area contributed by atoms with E-state index in [2.05, 4.69) is 16.8 Å². The highest BCUT2D eigenvalue weighted by molar-refractivity contribution is 6.30. The highest BCUT2D eigenvalue weighted by atomic mass is 35.5. The first-order chi connectivity index (χ1) is 8.61. The van der Waals surface area contributed by atoms with Gasteiger partial charge in [0.2, 0.25) is 0 Å². The van der Waals surface area contributed by atoms with Crippen molar-refractivity contribution in [3.8, 4) is 0 Å². The van der Waals surface area contributed by atoms with E-state index in [0.29, 0.717) is 18.7 Å². The molecule has 1 N–H and O–H groups in total. The number of nitrogens with one attached hydrogen (secondary N) is 1. The summed E-state index contributed by atoms with van der Waals surface area (Å²) in [4.78, 5) is 29.9. The molecule has 0 radical (unpaired) electrons. The summed E-state index contributed by atoms with van der Waals surface area (Å²) in [5.41, 5.74) is 0.0635. The van der Waals surface area contributed by atoms with Crippen LogP contribution >= 0.6 is 11.6 Å². The molecule has 1 saturated heterocycles. The van der Waals surface area contributed by atoms with Gasteiger partial charge >= 0.3 is 0 Å². The van der Waals surface area contributed by atoms with E-state index < -0.39 is 0 Å². The summed E-state index contributed by atoms with van der Waals surface area (Å²) in [5.74, 6) is -0.0797. The number of amides is 1. The maximum absolute atomic E-state index is 12.2. The molecule has 0 aliphatic carbocycles. The van der Waals surface area contributed by atoms with Crippen LogP contribution in [0.15, 0.2) is 17.1 Å².